The van der Waals surface area contributed by atoms with Gasteiger partial charge in [-0.25, -0.2) is 9.97 Å². The lowest BCUT2D eigenvalue weighted by Crippen LogP contribution is -1.99. The van der Waals surface area contributed by atoms with E-state index in [0.717, 1.165) is 18.5 Å². The second kappa shape index (κ2) is 4.65. The Morgan fingerprint density at radius 1 is 1.38 bits per heavy atom. The molecule has 2 aromatic heterocycles. The lowest BCUT2D eigenvalue weighted by Gasteiger charge is -2.02. The quantitative estimate of drug-likeness (QED) is 0.939. The number of aryl methyl sites for hydroxylation is 1. The van der Waals surface area contributed by atoms with Crippen molar-refractivity contribution in [3.8, 4) is 11.6 Å². The third-order valence-electron chi connectivity index (χ3n) is 2.10. The van der Waals surface area contributed by atoms with Crippen LogP contribution < -0.4 is 5.73 Å². The molecule has 2 aromatic rings. The molecule has 0 unspecified atom stereocenters. The summed E-state index contributed by atoms with van der Waals surface area (Å²) in [6.07, 6.45) is 1.92. The standard InChI is InChI=1S/C11H12BrN3O/c1-2-3-7-6-10(13)15-11(14-7)8-4-5-9(12)16-8/h4-6H,2-3H2,1H3,(H2,13,14,15). The molecule has 4 nitrogen and oxygen atoms in total. The van der Waals surface area contributed by atoms with Crippen molar-refractivity contribution in [2.45, 2.75) is 19.8 Å². The average Bonchev–Trinajstić information content (AvgIpc) is 2.64. The normalized spacial score (nSPS) is 10.6. The number of hydrogen-bond donors (Lipinski definition) is 1. The molecule has 2 heterocycles. The third-order valence-corrected chi connectivity index (χ3v) is 2.52. The highest BCUT2D eigenvalue weighted by atomic mass is 79.9. The van der Waals surface area contributed by atoms with Gasteiger partial charge in [0.15, 0.2) is 16.3 Å². The first-order valence-electron chi connectivity index (χ1n) is 5.08. The molecule has 0 saturated heterocycles. The van der Waals surface area contributed by atoms with Crippen LogP contribution in [0.3, 0.4) is 0 Å². The zero-order valence-electron chi connectivity index (χ0n) is 8.90. The summed E-state index contributed by atoms with van der Waals surface area (Å²) >= 11 is 3.24. The van der Waals surface area contributed by atoms with Crippen LogP contribution in [0.25, 0.3) is 11.6 Å². The number of anilines is 1. The molecule has 2 N–H and O–H groups in total. The van der Waals surface area contributed by atoms with E-state index in [2.05, 4.69) is 32.8 Å². The molecule has 0 aliphatic heterocycles. The van der Waals surface area contributed by atoms with Gasteiger partial charge in [-0.3, -0.25) is 0 Å². The zero-order chi connectivity index (χ0) is 11.5. The van der Waals surface area contributed by atoms with Crippen molar-refractivity contribution >= 4 is 21.7 Å². The minimum atomic E-state index is 0.473. The SMILES string of the molecule is CCCc1cc(N)nc(-c2ccc(Br)o2)n1. The predicted molar refractivity (Wildman–Crippen MR) is 65.8 cm³/mol. The summed E-state index contributed by atoms with van der Waals surface area (Å²) in [5, 5.41) is 0. The molecule has 0 bridgehead atoms. The van der Waals surface area contributed by atoms with Crippen molar-refractivity contribution < 1.29 is 4.42 Å². The Balaban J connectivity index is 2.40. The lowest BCUT2D eigenvalue weighted by molar-refractivity contribution is 0.551. The van der Waals surface area contributed by atoms with Gasteiger partial charge in [0, 0.05) is 11.8 Å². The van der Waals surface area contributed by atoms with E-state index in [-0.39, 0.29) is 0 Å². The van der Waals surface area contributed by atoms with Gasteiger partial charge in [0.2, 0.25) is 0 Å². The van der Waals surface area contributed by atoms with Crippen LogP contribution in [0.15, 0.2) is 27.3 Å². The third kappa shape index (κ3) is 2.41. The van der Waals surface area contributed by atoms with Gasteiger partial charge in [-0.15, -0.1) is 0 Å². The van der Waals surface area contributed by atoms with Gasteiger partial charge in [0.05, 0.1) is 0 Å². The summed E-state index contributed by atoms with van der Waals surface area (Å²) in [4.78, 5) is 8.55. The molecule has 16 heavy (non-hydrogen) atoms. The van der Waals surface area contributed by atoms with Gasteiger partial charge in [-0.2, -0.15) is 0 Å². The fourth-order valence-electron chi connectivity index (χ4n) is 1.45. The molecule has 0 atom stereocenters. The van der Waals surface area contributed by atoms with Crippen LogP contribution in [0.5, 0.6) is 0 Å². The Kier molecular flexibility index (Phi) is 3.24. The zero-order valence-corrected chi connectivity index (χ0v) is 10.5. The maximum absolute atomic E-state index is 5.73. The number of hydrogen-bond acceptors (Lipinski definition) is 4. The van der Waals surface area contributed by atoms with Crippen molar-refractivity contribution in [2.24, 2.45) is 0 Å². The molecule has 0 amide bonds. The van der Waals surface area contributed by atoms with Crippen LogP contribution >= 0.6 is 15.9 Å². The smallest absolute Gasteiger partial charge is 0.197 e. The first kappa shape index (κ1) is 11.1. The minimum Gasteiger partial charge on any atom is -0.446 e. The second-order valence-corrected chi connectivity index (χ2v) is 4.24. The number of nitrogens with zero attached hydrogens (tertiary/aromatic N) is 2. The van der Waals surface area contributed by atoms with E-state index >= 15 is 0 Å². The fraction of sp³-hybridized carbons (Fsp3) is 0.273. The summed E-state index contributed by atoms with van der Waals surface area (Å²) in [5.74, 6) is 1.63. The monoisotopic (exact) mass is 281 g/mol. The van der Waals surface area contributed by atoms with Crippen molar-refractivity contribution in [1.29, 1.82) is 0 Å². The van der Waals surface area contributed by atoms with Crippen LogP contribution in [-0.2, 0) is 6.42 Å². The van der Waals surface area contributed by atoms with E-state index < -0.39 is 0 Å². The average molecular weight is 282 g/mol. The van der Waals surface area contributed by atoms with Gasteiger partial charge >= 0.3 is 0 Å². The van der Waals surface area contributed by atoms with E-state index in [1.807, 2.05) is 6.07 Å². The highest BCUT2D eigenvalue weighted by Crippen LogP contribution is 2.23. The Bertz CT molecular complexity index is 496. The topological polar surface area (TPSA) is 64.9 Å². The van der Waals surface area contributed by atoms with Crippen molar-refractivity contribution in [1.82, 2.24) is 9.97 Å². The molecule has 0 spiro atoms. The number of nitrogen functional groups attached to an aromatic ring is 1. The number of nitrogens with two attached hydrogens (primary N) is 1. The lowest BCUT2D eigenvalue weighted by atomic mass is 10.2. The molecule has 0 radical (unpaired) electrons. The van der Waals surface area contributed by atoms with Gasteiger partial charge < -0.3 is 10.2 Å². The highest BCUT2D eigenvalue weighted by molar-refractivity contribution is 9.10. The highest BCUT2D eigenvalue weighted by Gasteiger charge is 2.08. The summed E-state index contributed by atoms with van der Waals surface area (Å²) in [5.41, 5.74) is 6.67. The molecule has 0 fully saturated rings. The minimum absolute atomic E-state index is 0.473. The van der Waals surface area contributed by atoms with Crippen molar-refractivity contribution in [2.75, 3.05) is 5.73 Å². The first-order chi connectivity index (χ1) is 7.69. The largest absolute Gasteiger partial charge is 0.446 e. The van der Waals surface area contributed by atoms with Crippen LogP contribution in [-0.4, -0.2) is 9.97 Å². The molecule has 0 aliphatic carbocycles. The molecule has 0 saturated carbocycles. The number of aromatic nitrogens is 2. The van der Waals surface area contributed by atoms with Crippen LogP contribution in [0, 0.1) is 0 Å². The van der Waals surface area contributed by atoms with Gasteiger partial charge in [0.1, 0.15) is 5.82 Å². The van der Waals surface area contributed by atoms with Crippen molar-refractivity contribution in [3.05, 3.63) is 28.6 Å². The summed E-state index contributed by atoms with van der Waals surface area (Å²) in [7, 11) is 0. The molecule has 0 aromatic carbocycles. The summed E-state index contributed by atoms with van der Waals surface area (Å²) in [6, 6.07) is 5.42. The molecule has 5 heteroatoms. The number of rotatable bonds is 3. The maximum Gasteiger partial charge on any atom is 0.197 e. The molecule has 0 aliphatic rings. The molecule has 84 valence electrons. The summed E-state index contributed by atoms with van der Waals surface area (Å²) < 4.78 is 6.05. The van der Waals surface area contributed by atoms with E-state index in [0.29, 0.717) is 22.1 Å². The number of halogens is 1. The Hall–Kier alpha value is -1.36. The van der Waals surface area contributed by atoms with Crippen LogP contribution in [0.1, 0.15) is 19.0 Å². The van der Waals surface area contributed by atoms with Gasteiger partial charge in [-0.1, -0.05) is 13.3 Å². The summed E-state index contributed by atoms with van der Waals surface area (Å²) in [6.45, 7) is 2.10. The second-order valence-electron chi connectivity index (χ2n) is 3.46. The van der Waals surface area contributed by atoms with Crippen molar-refractivity contribution in [3.63, 3.8) is 0 Å². The van der Waals surface area contributed by atoms with Crippen LogP contribution in [0.4, 0.5) is 5.82 Å². The number of furan rings is 1. The van der Waals surface area contributed by atoms with Crippen LogP contribution in [0.2, 0.25) is 0 Å². The van der Waals surface area contributed by atoms with E-state index in [4.69, 9.17) is 10.2 Å². The first-order valence-corrected chi connectivity index (χ1v) is 5.87. The fourth-order valence-corrected chi connectivity index (χ4v) is 1.75. The molecular weight excluding hydrogens is 270 g/mol. The molecule has 2 rings (SSSR count). The maximum atomic E-state index is 5.73. The van der Waals surface area contributed by atoms with E-state index in [9.17, 15) is 0 Å². The Morgan fingerprint density at radius 3 is 2.81 bits per heavy atom. The Labute approximate surface area is 102 Å². The van der Waals surface area contributed by atoms with Gasteiger partial charge in [-0.05, 0) is 34.5 Å². The van der Waals surface area contributed by atoms with Gasteiger partial charge in [0.25, 0.3) is 0 Å². The Morgan fingerprint density at radius 2 is 2.19 bits per heavy atom. The molecular formula is C11H12BrN3O. The predicted octanol–water partition coefficient (Wildman–Crippen LogP) is 3.03. The van der Waals surface area contributed by atoms with E-state index in [1.54, 1.807) is 12.1 Å². The van der Waals surface area contributed by atoms with E-state index in [1.165, 1.54) is 0 Å².